The first-order valence-corrected chi connectivity index (χ1v) is 3.69. The fraction of sp³-hybridized carbons (Fsp3) is 0.111. The largest absolute Gasteiger partial charge is 0.479 e. The van der Waals surface area contributed by atoms with Crippen molar-refractivity contribution < 1.29 is 15.0 Å². The summed E-state index contributed by atoms with van der Waals surface area (Å²) in [5.74, 6) is -1.26. The van der Waals surface area contributed by atoms with Gasteiger partial charge in [-0.2, -0.15) is 0 Å². The number of carboxylic acids is 1. The lowest BCUT2D eigenvalue weighted by Gasteiger charge is -1.96. The maximum absolute atomic E-state index is 10.2. The van der Waals surface area contributed by atoms with E-state index >= 15 is 0 Å². The van der Waals surface area contributed by atoms with Crippen molar-refractivity contribution >= 4 is 12.0 Å². The molecule has 0 bridgehead atoms. The van der Waals surface area contributed by atoms with Crippen LogP contribution >= 0.6 is 0 Å². The summed E-state index contributed by atoms with van der Waals surface area (Å²) < 4.78 is 0. The second-order valence-electron chi connectivity index (χ2n) is 2.43. The van der Waals surface area contributed by atoms with Crippen LogP contribution in [0.1, 0.15) is 5.56 Å². The molecule has 1 aromatic rings. The second kappa shape index (κ2) is 4.37. The van der Waals surface area contributed by atoms with Crippen LogP contribution in [-0.4, -0.2) is 27.3 Å². The third-order valence-corrected chi connectivity index (χ3v) is 1.41. The van der Waals surface area contributed by atoms with Crippen LogP contribution in [0.3, 0.4) is 0 Å². The summed E-state index contributed by atoms with van der Waals surface area (Å²) in [6.45, 7) is 0. The lowest BCUT2D eigenvalue weighted by Crippen LogP contribution is -2.15. The van der Waals surface area contributed by atoms with E-state index in [0.29, 0.717) is 0 Å². The summed E-state index contributed by atoms with van der Waals surface area (Å²) in [7, 11) is 0. The number of aliphatic hydroxyl groups is 1. The van der Waals surface area contributed by atoms with E-state index in [-0.39, 0.29) is 0 Å². The quantitative estimate of drug-likeness (QED) is 0.710. The molecular weight excluding hydrogens is 170 g/mol. The van der Waals surface area contributed by atoms with E-state index in [9.17, 15) is 4.79 Å². The monoisotopic (exact) mass is 179 g/mol. The number of carboxylic acid groups (broad SMARTS) is 1. The van der Waals surface area contributed by atoms with E-state index in [1.54, 1.807) is 24.5 Å². The molecule has 4 heteroatoms. The molecule has 0 unspecified atom stereocenters. The van der Waals surface area contributed by atoms with Crippen molar-refractivity contribution in [3.05, 3.63) is 36.2 Å². The Morgan fingerprint density at radius 3 is 2.92 bits per heavy atom. The summed E-state index contributed by atoms with van der Waals surface area (Å²) in [4.78, 5) is 14.0. The van der Waals surface area contributed by atoms with Gasteiger partial charge in [0, 0.05) is 12.4 Å². The summed E-state index contributed by atoms with van der Waals surface area (Å²) in [5.41, 5.74) is 0.753. The highest BCUT2D eigenvalue weighted by Crippen LogP contribution is 1.99. The third-order valence-electron chi connectivity index (χ3n) is 1.41. The average molecular weight is 179 g/mol. The van der Waals surface area contributed by atoms with Crippen LogP contribution in [0.2, 0.25) is 0 Å². The van der Waals surface area contributed by atoms with E-state index in [0.717, 1.165) is 5.56 Å². The maximum Gasteiger partial charge on any atom is 0.336 e. The number of carbonyl (C=O) groups is 1. The smallest absolute Gasteiger partial charge is 0.336 e. The van der Waals surface area contributed by atoms with Crippen molar-refractivity contribution in [2.24, 2.45) is 0 Å². The summed E-state index contributed by atoms with van der Waals surface area (Å²) in [6, 6.07) is 3.49. The van der Waals surface area contributed by atoms with Gasteiger partial charge in [-0.3, -0.25) is 4.98 Å². The Hall–Kier alpha value is -1.68. The van der Waals surface area contributed by atoms with Crippen molar-refractivity contribution in [3.8, 4) is 0 Å². The van der Waals surface area contributed by atoms with Crippen LogP contribution in [0.15, 0.2) is 30.6 Å². The molecule has 1 atom stereocenters. The molecule has 0 saturated carbocycles. The summed E-state index contributed by atoms with van der Waals surface area (Å²) in [6.07, 6.45) is 4.43. The molecule has 68 valence electrons. The van der Waals surface area contributed by atoms with Gasteiger partial charge in [-0.15, -0.1) is 0 Å². The zero-order valence-corrected chi connectivity index (χ0v) is 6.79. The fourth-order valence-electron chi connectivity index (χ4n) is 0.759. The normalized spacial score (nSPS) is 13.0. The van der Waals surface area contributed by atoms with Gasteiger partial charge in [-0.1, -0.05) is 12.1 Å². The molecule has 0 aliphatic rings. The van der Waals surface area contributed by atoms with Gasteiger partial charge in [0.05, 0.1) is 0 Å². The Labute approximate surface area is 75.2 Å². The molecule has 1 aromatic heterocycles. The highest BCUT2D eigenvalue weighted by atomic mass is 16.4. The third kappa shape index (κ3) is 3.04. The number of aliphatic carboxylic acids is 1. The molecule has 0 radical (unpaired) electrons. The van der Waals surface area contributed by atoms with Gasteiger partial charge in [0.2, 0.25) is 0 Å². The lowest BCUT2D eigenvalue weighted by atomic mass is 10.2. The molecule has 0 fully saturated rings. The Bertz CT molecular complexity index is 308. The van der Waals surface area contributed by atoms with Crippen LogP contribution < -0.4 is 0 Å². The Balaban J connectivity index is 2.64. The van der Waals surface area contributed by atoms with Gasteiger partial charge >= 0.3 is 5.97 Å². The minimum absolute atomic E-state index is 0.753. The van der Waals surface area contributed by atoms with Crippen molar-refractivity contribution in [1.82, 2.24) is 4.98 Å². The van der Waals surface area contributed by atoms with Gasteiger partial charge < -0.3 is 10.2 Å². The molecule has 4 nitrogen and oxygen atoms in total. The van der Waals surface area contributed by atoms with Crippen LogP contribution in [0, 0.1) is 0 Å². The molecule has 13 heavy (non-hydrogen) atoms. The molecule has 0 aliphatic heterocycles. The van der Waals surface area contributed by atoms with Gasteiger partial charge in [0.25, 0.3) is 0 Å². The first kappa shape index (κ1) is 9.41. The number of rotatable bonds is 3. The standard InChI is InChI=1S/C9H9NO3/c11-8(9(12)13)4-3-7-2-1-5-10-6-7/h1-6,8,11H,(H,12,13)/b4-3+/t8-/m0/s1. The molecule has 2 N–H and O–H groups in total. The number of hydrogen-bond donors (Lipinski definition) is 2. The number of pyridine rings is 1. The van der Waals surface area contributed by atoms with Gasteiger partial charge in [0.15, 0.2) is 6.10 Å². The van der Waals surface area contributed by atoms with Crippen molar-refractivity contribution in [3.63, 3.8) is 0 Å². The fourth-order valence-corrected chi connectivity index (χ4v) is 0.759. The Kier molecular flexibility index (Phi) is 3.16. The predicted molar refractivity (Wildman–Crippen MR) is 46.9 cm³/mol. The molecular formula is C9H9NO3. The van der Waals surface area contributed by atoms with E-state index < -0.39 is 12.1 Å². The van der Waals surface area contributed by atoms with Crippen LogP contribution in [0.4, 0.5) is 0 Å². The minimum Gasteiger partial charge on any atom is -0.479 e. The lowest BCUT2D eigenvalue weighted by molar-refractivity contribution is -0.143. The molecule has 1 rings (SSSR count). The zero-order chi connectivity index (χ0) is 9.68. The highest BCUT2D eigenvalue weighted by molar-refractivity contribution is 5.75. The van der Waals surface area contributed by atoms with E-state index in [4.69, 9.17) is 10.2 Å². The molecule has 1 heterocycles. The number of hydrogen-bond acceptors (Lipinski definition) is 3. The highest BCUT2D eigenvalue weighted by Gasteiger charge is 2.06. The van der Waals surface area contributed by atoms with Gasteiger partial charge in [-0.25, -0.2) is 4.79 Å². The van der Waals surface area contributed by atoms with E-state index in [2.05, 4.69) is 4.98 Å². The topological polar surface area (TPSA) is 70.4 Å². The van der Waals surface area contributed by atoms with Gasteiger partial charge in [0.1, 0.15) is 0 Å². The van der Waals surface area contributed by atoms with Crippen LogP contribution in [0.5, 0.6) is 0 Å². The summed E-state index contributed by atoms with van der Waals surface area (Å²) >= 11 is 0. The molecule has 0 saturated heterocycles. The second-order valence-corrected chi connectivity index (χ2v) is 2.43. The van der Waals surface area contributed by atoms with Crippen molar-refractivity contribution in [2.75, 3.05) is 0 Å². The molecule has 0 spiro atoms. The molecule has 0 amide bonds. The van der Waals surface area contributed by atoms with Crippen LogP contribution in [0.25, 0.3) is 6.08 Å². The average Bonchev–Trinajstić information content (AvgIpc) is 2.15. The van der Waals surface area contributed by atoms with Crippen molar-refractivity contribution in [2.45, 2.75) is 6.10 Å². The minimum atomic E-state index is -1.46. The molecule has 0 aliphatic carbocycles. The number of aromatic nitrogens is 1. The zero-order valence-electron chi connectivity index (χ0n) is 6.79. The first-order valence-electron chi connectivity index (χ1n) is 3.69. The Morgan fingerprint density at radius 1 is 1.62 bits per heavy atom. The molecule has 0 aromatic carbocycles. The van der Waals surface area contributed by atoms with E-state index in [1.807, 2.05) is 0 Å². The predicted octanol–water partition coefficient (Wildman–Crippen LogP) is 0.540. The SMILES string of the molecule is O=C(O)[C@@H](O)/C=C/c1cccnc1. The van der Waals surface area contributed by atoms with Crippen LogP contribution in [-0.2, 0) is 4.79 Å². The Morgan fingerprint density at radius 2 is 2.38 bits per heavy atom. The number of aliphatic hydroxyl groups excluding tert-OH is 1. The van der Waals surface area contributed by atoms with Gasteiger partial charge in [-0.05, 0) is 17.7 Å². The number of nitrogens with zero attached hydrogens (tertiary/aromatic N) is 1. The first-order chi connectivity index (χ1) is 6.20. The summed E-state index contributed by atoms with van der Waals surface area (Å²) in [5, 5.41) is 17.2. The van der Waals surface area contributed by atoms with E-state index in [1.165, 1.54) is 12.2 Å². The van der Waals surface area contributed by atoms with Crippen molar-refractivity contribution in [1.29, 1.82) is 0 Å². The maximum atomic E-state index is 10.2.